The number of nitrogen functional groups attached to an aromatic ring is 1. The van der Waals surface area contributed by atoms with E-state index in [2.05, 4.69) is 10.9 Å². The monoisotopic (exact) mass is 106 g/mol. The summed E-state index contributed by atoms with van der Waals surface area (Å²) < 4.78 is 0. The second-order valence-corrected chi connectivity index (χ2v) is 1.49. The van der Waals surface area contributed by atoms with Gasteiger partial charge in [-0.15, -0.1) is 6.42 Å². The number of aromatic amines is 1. The standard InChI is InChI=1S/C6H6N2/c1-2-6-3-5(7)4-8-6/h1,3-4,8H,7H2. The summed E-state index contributed by atoms with van der Waals surface area (Å²) in [5.74, 6) is 2.41. The van der Waals surface area contributed by atoms with Crippen LogP contribution in [0.5, 0.6) is 0 Å². The highest BCUT2D eigenvalue weighted by Gasteiger charge is 1.86. The minimum Gasteiger partial charge on any atom is -0.397 e. The fourth-order valence-electron chi connectivity index (χ4n) is 0.494. The van der Waals surface area contributed by atoms with Crippen LogP contribution in [-0.4, -0.2) is 4.98 Å². The molecule has 0 bridgehead atoms. The molecule has 0 amide bonds. The lowest BCUT2D eigenvalue weighted by Crippen LogP contribution is -1.75. The van der Waals surface area contributed by atoms with E-state index in [4.69, 9.17) is 12.2 Å². The molecule has 1 aromatic heterocycles. The Bertz CT molecular complexity index is 217. The van der Waals surface area contributed by atoms with Crippen LogP contribution in [0.15, 0.2) is 12.3 Å². The van der Waals surface area contributed by atoms with Gasteiger partial charge in [-0.3, -0.25) is 0 Å². The van der Waals surface area contributed by atoms with Crippen LogP contribution in [0.3, 0.4) is 0 Å². The van der Waals surface area contributed by atoms with Crippen molar-refractivity contribution in [3.05, 3.63) is 18.0 Å². The van der Waals surface area contributed by atoms with Gasteiger partial charge in [0, 0.05) is 6.20 Å². The lowest BCUT2D eigenvalue weighted by Gasteiger charge is -1.72. The number of aromatic nitrogens is 1. The van der Waals surface area contributed by atoms with Gasteiger partial charge in [-0.25, -0.2) is 0 Å². The third-order valence-corrected chi connectivity index (χ3v) is 0.861. The minimum absolute atomic E-state index is 0.679. The van der Waals surface area contributed by atoms with Gasteiger partial charge in [-0.05, 0) is 6.07 Å². The van der Waals surface area contributed by atoms with Crippen LogP contribution in [0.2, 0.25) is 0 Å². The zero-order chi connectivity index (χ0) is 5.98. The van der Waals surface area contributed by atoms with Gasteiger partial charge in [-0.2, -0.15) is 0 Å². The molecule has 0 aliphatic carbocycles. The maximum atomic E-state index is 5.33. The van der Waals surface area contributed by atoms with E-state index >= 15 is 0 Å². The third-order valence-electron chi connectivity index (χ3n) is 0.861. The van der Waals surface area contributed by atoms with Gasteiger partial charge in [-0.1, -0.05) is 5.92 Å². The molecule has 0 spiro atoms. The highest BCUT2D eigenvalue weighted by atomic mass is 14.7. The van der Waals surface area contributed by atoms with E-state index in [1.807, 2.05) is 0 Å². The summed E-state index contributed by atoms with van der Waals surface area (Å²) in [6.07, 6.45) is 6.69. The molecule has 0 saturated carbocycles. The molecule has 0 atom stereocenters. The molecule has 2 heteroatoms. The van der Waals surface area contributed by atoms with Gasteiger partial charge in [0.05, 0.1) is 11.4 Å². The van der Waals surface area contributed by atoms with Crippen LogP contribution in [0.1, 0.15) is 5.69 Å². The normalized spacial score (nSPS) is 8.38. The highest BCUT2D eigenvalue weighted by molar-refractivity contribution is 5.42. The van der Waals surface area contributed by atoms with E-state index in [1.165, 1.54) is 0 Å². The smallest absolute Gasteiger partial charge is 0.0911 e. The van der Waals surface area contributed by atoms with Crippen molar-refractivity contribution in [2.45, 2.75) is 0 Å². The first-order chi connectivity index (χ1) is 3.83. The molecular weight excluding hydrogens is 100 g/mol. The Kier molecular flexibility index (Phi) is 0.974. The summed E-state index contributed by atoms with van der Waals surface area (Å²) in [5.41, 5.74) is 6.73. The Morgan fingerprint density at radius 3 is 2.75 bits per heavy atom. The van der Waals surface area contributed by atoms with Crippen LogP contribution >= 0.6 is 0 Å². The summed E-state index contributed by atoms with van der Waals surface area (Å²) in [4.78, 5) is 2.79. The van der Waals surface area contributed by atoms with Crippen LogP contribution in [0.25, 0.3) is 0 Å². The molecule has 0 fully saturated rings. The highest BCUT2D eigenvalue weighted by Crippen LogP contribution is 2.01. The van der Waals surface area contributed by atoms with Gasteiger partial charge >= 0.3 is 0 Å². The number of terminal acetylenes is 1. The zero-order valence-electron chi connectivity index (χ0n) is 4.31. The second-order valence-electron chi connectivity index (χ2n) is 1.49. The second kappa shape index (κ2) is 1.63. The van der Waals surface area contributed by atoms with E-state index in [-0.39, 0.29) is 0 Å². The molecule has 40 valence electrons. The number of hydrogen-bond donors (Lipinski definition) is 2. The molecular formula is C6H6N2. The van der Waals surface area contributed by atoms with Crippen molar-refractivity contribution in [2.24, 2.45) is 0 Å². The topological polar surface area (TPSA) is 41.8 Å². The predicted octanol–water partition coefficient (Wildman–Crippen LogP) is 0.578. The maximum absolute atomic E-state index is 5.33. The number of hydrogen-bond acceptors (Lipinski definition) is 1. The van der Waals surface area contributed by atoms with E-state index < -0.39 is 0 Å². The largest absolute Gasteiger partial charge is 0.397 e. The number of nitrogens with one attached hydrogen (secondary N) is 1. The van der Waals surface area contributed by atoms with E-state index in [0.717, 1.165) is 5.69 Å². The van der Waals surface area contributed by atoms with E-state index in [9.17, 15) is 0 Å². The van der Waals surface area contributed by atoms with Crippen LogP contribution in [0.4, 0.5) is 5.69 Å². The lowest BCUT2D eigenvalue weighted by molar-refractivity contribution is 1.37. The molecule has 2 nitrogen and oxygen atoms in total. The predicted molar refractivity (Wildman–Crippen MR) is 33.1 cm³/mol. The molecule has 1 heterocycles. The molecule has 0 unspecified atom stereocenters. The molecule has 0 radical (unpaired) electrons. The van der Waals surface area contributed by atoms with E-state index in [1.54, 1.807) is 12.3 Å². The van der Waals surface area contributed by atoms with Crippen molar-refractivity contribution in [2.75, 3.05) is 5.73 Å². The van der Waals surface area contributed by atoms with Gasteiger partial charge in [0.1, 0.15) is 0 Å². The van der Waals surface area contributed by atoms with Crippen LogP contribution in [0, 0.1) is 12.3 Å². The summed E-state index contributed by atoms with van der Waals surface area (Å²) in [6, 6.07) is 1.71. The Hall–Kier alpha value is -1.36. The molecule has 0 saturated heterocycles. The van der Waals surface area contributed by atoms with Gasteiger partial charge in [0.2, 0.25) is 0 Å². The molecule has 1 aromatic rings. The number of H-pyrrole nitrogens is 1. The number of nitrogens with two attached hydrogens (primary N) is 1. The van der Waals surface area contributed by atoms with E-state index in [0.29, 0.717) is 5.69 Å². The van der Waals surface area contributed by atoms with Gasteiger partial charge in [0.15, 0.2) is 0 Å². The molecule has 0 aliphatic rings. The minimum atomic E-state index is 0.679. The number of anilines is 1. The van der Waals surface area contributed by atoms with Crippen molar-refractivity contribution in [1.29, 1.82) is 0 Å². The first-order valence-corrected chi connectivity index (χ1v) is 2.23. The lowest BCUT2D eigenvalue weighted by atomic mass is 10.4. The molecule has 0 aromatic carbocycles. The molecule has 0 aliphatic heterocycles. The van der Waals surface area contributed by atoms with Crippen molar-refractivity contribution in [1.82, 2.24) is 4.98 Å². The number of rotatable bonds is 0. The Balaban J connectivity index is 3.05. The van der Waals surface area contributed by atoms with Crippen molar-refractivity contribution in [3.8, 4) is 12.3 Å². The maximum Gasteiger partial charge on any atom is 0.0911 e. The van der Waals surface area contributed by atoms with Gasteiger partial charge < -0.3 is 10.7 Å². The van der Waals surface area contributed by atoms with Crippen molar-refractivity contribution >= 4 is 5.69 Å². The quantitative estimate of drug-likeness (QED) is 0.467. The summed E-state index contributed by atoms with van der Waals surface area (Å²) in [7, 11) is 0. The fourth-order valence-corrected chi connectivity index (χ4v) is 0.494. The summed E-state index contributed by atoms with van der Waals surface area (Å²) in [6.45, 7) is 0. The Morgan fingerprint density at radius 2 is 2.50 bits per heavy atom. The Morgan fingerprint density at radius 1 is 1.75 bits per heavy atom. The summed E-state index contributed by atoms with van der Waals surface area (Å²) in [5, 5.41) is 0. The third kappa shape index (κ3) is 0.662. The Labute approximate surface area is 47.7 Å². The van der Waals surface area contributed by atoms with Crippen molar-refractivity contribution < 1.29 is 0 Å². The van der Waals surface area contributed by atoms with Crippen LogP contribution < -0.4 is 5.73 Å². The fraction of sp³-hybridized carbons (Fsp3) is 0. The first kappa shape index (κ1) is 4.79. The molecule has 8 heavy (non-hydrogen) atoms. The van der Waals surface area contributed by atoms with Gasteiger partial charge in [0.25, 0.3) is 0 Å². The van der Waals surface area contributed by atoms with Crippen molar-refractivity contribution in [3.63, 3.8) is 0 Å². The average molecular weight is 106 g/mol. The molecule has 3 N–H and O–H groups in total. The van der Waals surface area contributed by atoms with Crippen LogP contribution in [-0.2, 0) is 0 Å². The molecule has 1 rings (SSSR count). The zero-order valence-corrected chi connectivity index (χ0v) is 4.31. The first-order valence-electron chi connectivity index (χ1n) is 2.23. The SMILES string of the molecule is C#Cc1cc(N)c[nH]1. The average Bonchev–Trinajstić information content (AvgIpc) is 2.14. The summed E-state index contributed by atoms with van der Waals surface area (Å²) >= 11 is 0.